The number of benzene rings is 1. The molecule has 112 valence electrons. The van der Waals surface area contributed by atoms with Gasteiger partial charge in [-0.15, -0.1) is 0 Å². The van der Waals surface area contributed by atoms with Crippen molar-refractivity contribution >= 4 is 15.5 Å². The van der Waals surface area contributed by atoms with Crippen molar-refractivity contribution in [1.82, 2.24) is 0 Å². The van der Waals surface area contributed by atoms with E-state index < -0.39 is 15.6 Å². The number of halogens is 2. The van der Waals surface area contributed by atoms with Gasteiger partial charge >= 0.3 is 5.76 Å². The van der Waals surface area contributed by atoms with Gasteiger partial charge in [0.1, 0.15) is 0 Å². The third kappa shape index (κ3) is 2.95. The normalized spacial score (nSPS) is 24.1. The average molecular weight is 303 g/mol. The number of nitrogens with zero attached hydrogens (tertiary/aromatic N) is 1. The van der Waals surface area contributed by atoms with Crippen molar-refractivity contribution < 1.29 is 17.2 Å². The number of sulfone groups is 1. The Balaban J connectivity index is 2.43. The minimum atomic E-state index is -4.57. The van der Waals surface area contributed by atoms with Crippen molar-refractivity contribution in [2.24, 2.45) is 11.8 Å². The lowest BCUT2D eigenvalue weighted by atomic mass is 9.91. The highest BCUT2D eigenvalue weighted by Crippen LogP contribution is 2.33. The van der Waals surface area contributed by atoms with E-state index in [1.54, 1.807) is 12.1 Å². The van der Waals surface area contributed by atoms with E-state index in [0.717, 1.165) is 6.42 Å². The molecule has 20 heavy (non-hydrogen) atoms. The second kappa shape index (κ2) is 5.68. The van der Waals surface area contributed by atoms with Gasteiger partial charge in [0, 0.05) is 13.1 Å². The zero-order valence-electron chi connectivity index (χ0n) is 11.6. The first-order chi connectivity index (χ1) is 9.32. The maximum Gasteiger partial charge on any atom is 0.341 e. The Bertz CT molecular complexity index is 564. The van der Waals surface area contributed by atoms with Crippen LogP contribution in [0.1, 0.15) is 20.3 Å². The lowest BCUT2D eigenvalue weighted by molar-refractivity contribution is 0.234. The second-order valence-electron chi connectivity index (χ2n) is 5.62. The van der Waals surface area contributed by atoms with E-state index >= 15 is 0 Å². The molecular weight excluding hydrogens is 284 g/mol. The Morgan fingerprint density at radius 1 is 1.15 bits per heavy atom. The molecule has 1 aliphatic rings. The fourth-order valence-corrected chi connectivity index (χ4v) is 3.86. The van der Waals surface area contributed by atoms with Crippen LogP contribution >= 0.6 is 0 Å². The van der Waals surface area contributed by atoms with Crippen LogP contribution in [0.3, 0.4) is 0 Å². The summed E-state index contributed by atoms with van der Waals surface area (Å²) in [5.41, 5.74) is 0.395. The summed E-state index contributed by atoms with van der Waals surface area (Å²) in [4.78, 5) is 1.64. The summed E-state index contributed by atoms with van der Waals surface area (Å²) in [6.45, 7) is 5.57. The first-order valence-electron chi connectivity index (χ1n) is 6.68. The highest BCUT2D eigenvalue weighted by Gasteiger charge is 2.32. The molecule has 0 aliphatic carbocycles. The summed E-state index contributed by atoms with van der Waals surface area (Å²) in [6, 6.07) is 6.04. The highest BCUT2D eigenvalue weighted by molar-refractivity contribution is 7.91. The number of hydrogen-bond donors (Lipinski definition) is 0. The van der Waals surface area contributed by atoms with E-state index in [1.165, 1.54) is 12.1 Å². The number of alkyl halides is 2. The van der Waals surface area contributed by atoms with Gasteiger partial charge in [-0.1, -0.05) is 26.0 Å². The average Bonchev–Trinajstić information content (AvgIpc) is 2.37. The molecule has 2 rings (SSSR count). The summed E-state index contributed by atoms with van der Waals surface area (Å²) in [5.74, 6) is -2.55. The molecule has 0 aromatic heterocycles. The standard InChI is InChI=1S/C14H19F2NO2S/c1-10-7-11(2)9-17(8-10)12-5-3-4-6-13(12)20(18,19)14(15)16/h3-6,10-11,14H,7-9H2,1-2H3. The van der Waals surface area contributed by atoms with Crippen molar-refractivity contribution in [2.45, 2.75) is 30.9 Å². The lowest BCUT2D eigenvalue weighted by Gasteiger charge is -2.37. The van der Waals surface area contributed by atoms with Crippen molar-refractivity contribution in [3.8, 4) is 0 Å². The van der Waals surface area contributed by atoms with Crippen molar-refractivity contribution in [2.75, 3.05) is 18.0 Å². The molecule has 1 aliphatic heterocycles. The van der Waals surface area contributed by atoms with E-state index in [1.807, 2.05) is 4.90 Å². The molecule has 2 unspecified atom stereocenters. The fourth-order valence-electron chi connectivity index (χ4n) is 2.91. The Morgan fingerprint density at radius 3 is 2.25 bits per heavy atom. The molecular formula is C14H19F2NO2S. The topological polar surface area (TPSA) is 37.4 Å². The monoisotopic (exact) mass is 303 g/mol. The number of hydrogen-bond acceptors (Lipinski definition) is 3. The van der Waals surface area contributed by atoms with Gasteiger partial charge < -0.3 is 4.90 Å². The van der Waals surface area contributed by atoms with Crippen molar-refractivity contribution in [3.05, 3.63) is 24.3 Å². The molecule has 0 spiro atoms. The van der Waals surface area contributed by atoms with Crippen LogP contribution in [0.15, 0.2) is 29.2 Å². The molecule has 0 radical (unpaired) electrons. The van der Waals surface area contributed by atoms with Gasteiger partial charge in [-0.25, -0.2) is 8.42 Å². The third-order valence-corrected chi connectivity index (χ3v) is 5.04. The Hall–Kier alpha value is -1.17. The lowest BCUT2D eigenvalue weighted by Crippen LogP contribution is -2.39. The van der Waals surface area contributed by atoms with E-state index in [4.69, 9.17) is 0 Å². The van der Waals surface area contributed by atoms with Crippen LogP contribution in [-0.2, 0) is 9.84 Å². The quantitative estimate of drug-likeness (QED) is 0.861. The van der Waals surface area contributed by atoms with E-state index in [2.05, 4.69) is 13.8 Å². The number of anilines is 1. The number of para-hydroxylation sites is 1. The van der Waals surface area contributed by atoms with Crippen LogP contribution in [0, 0.1) is 11.8 Å². The van der Waals surface area contributed by atoms with Crippen molar-refractivity contribution in [3.63, 3.8) is 0 Å². The summed E-state index contributed by atoms with van der Waals surface area (Å²) < 4.78 is 49.1. The van der Waals surface area contributed by atoms with E-state index in [0.29, 0.717) is 30.6 Å². The largest absolute Gasteiger partial charge is 0.370 e. The van der Waals surface area contributed by atoms with Crippen LogP contribution < -0.4 is 4.90 Å². The van der Waals surface area contributed by atoms with Crippen LogP contribution in [0.25, 0.3) is 0 Å². The highest BCUT2D eigenvalue weighted by atomic mass is 32.2. The SMILES string of the molecule is CC1CC(C)CN(c2ccccc2S(=O)(=O)C(F)F)C1. The van der Waals surface area contributed by atoms with E-state index in [-0.39, 0.29) is 4.90 Å². The first-order valence-corrected chi connectivity index (χ1v) is 8.23. The zero-order valence-corrected chi connectivity index (χ0v) is 12.4. The minimum Gasteiger partial charge on any atom is -0.370 e. The predicted octanol–water partition coefficient (Wildman–Crippen LogP) is 3.17. The van der Waals surface area contributed by atoms with Gasteiger partial charge in [-0.3, -0.25) is 0 Å². The summed E-state index contributed by atoms with van der Waals surface area (Å²) in [6.07, 6.45) is 1.07. The maximum atomic E-state index is 12.8. The fraction of sp³-hybridized carbons (Fsp3) is 0.571. The molecule has 0 amide bonds. The molecule has 1 aromatic carbocycles. The summed E-state index contributed by atoms with van der Waals surface area (Å²) >= 11 is 0. The van der Waals surface area contributed by atoms with Gasteiger partial charge in [0.15, 0.2) is 0 Å². The molecule has 1 saturated heterocycles. The Morgan fingerprint density at radius 2 is 1.70 bits per heavy atom. The van der Waals surface area contributed by atoms with E-state index in [9.17, 15) is 17.2 Å². The smallest absolute Gasteiger partial charge is 0.341 e. The molecule has 6 heteroatoms. The molecule has 3 nitrogen and oxygen atoms in total. The van der Waals surface area contributed by atoms with Crippen LogP contribution in [0.2, 0.25) is 0 Å². The molecule has 1 fully saturated rings. The zero-order chi connectivity index (χ0) is 14.9. The Kier molecular flexibility index (Phi) is 4.32. The van der Waals surface area contributed by atoms with Crippen molar-refractivity contribution in [1.29, 1.82) is 0 Å². The molecule has 1 aromatic rings. The van der Waals surface area contributed by atoms with Gasteiger partial charge in [0.25, 0.3) is 0 Å². The summed E-state index contributed by atoms with van der Waals surface area (Å²) in [7, 11) is -4.57. The van der Waals surface area contributed by atoms with Gasteiger partial charge in [0.05, 0.1) is 10.6 Å². The molecule has 0 saturated carbocycles. The number of rotatable bonds is 3. The maximum absolute atomic E-state index is 12.8. The van der Waals surface area contributed by atoms with Crippen LogP contribution in [0.4, 0.5) is 14.5 Å². The summed E-state index contributed by atoms with van der Waals surface area (Å²) in [5, 5.41) is 0. The van der Waals surface area contributed by atoms with Gasteiger partial charge in [-0.2, -0.15) is 8.78 Å². The first kappa shape index (κ1) is 15.2. The van der Waals surface area contributed by atoms with Gasteiger partial charge in [0.2, 0.25) is 9.84 Å². The van der Waals surface area contributed by atoms with Crippen LogP contribution in [-0.4, -0.2) is 27.3 Å². The predicted molar refractivity (Wildman–Crippen MR) is 74.8 cm³/mol. The molecule has 0 N–H and O–H groups in total. The Labute approximate surface area is 118 Å². The second-order valence-corrected chi connectivity index (χ2v) is 7.51. The number of piperidine rings is 1. The minimum absolute atomic E-state index is 0.267. The van der Waals surface area contributed by atoms with Gasteiger partial charge in [-0.05, 0) is 30.4 Å². The van der Waals surface area contributed by atoms with Crippen LogP contribution in [0.5, 0.6) is 0 Å². The third-order valence-electron chi connectivity index (χ3n) is 3.62. The molecule has 2 atom stereocenters. The molecule has 1 heterocycles. The molecule has 0 bridgehead atoms.